The number of para-hydroxylation sites is 1. The Bertz CT molecular complexity index is 710. The summed E-state index contributed by atoms with van der Waals surface area (Å²) >= 11 is 3.55. The van der Waals surface area contributed by atoms with E-state index in [1.54, 1.807) is 0 Å². The van der Waals surface area contributed by atoms with Crippen LogP contribution >= 0.6 is 15.9 Å². The summed E-state index contributed by atoms with van der Waals surface area (Å²) in [6.45, 7) is 4.24. The zero-order valence-corrected chi connectivity index (χ0v) is 11.5. The minimum absolute atomic E-state index is 0.997. The third-order valence-electron chi connectivity index (χ3n) is 3.21. The van der Waals surface area contributed by atoms with Crippen molar-refractivity contribution in [3.63, 3.8) is 0 Å². The average Bonchev–Trinajstić information content (AvgIpc) is 2.68. The molecule has 0 spiro atoms. The topological polar surface area (TPSA) is 13.1 Å². The van der Waals surface area contributed by atoms with Crippen LogP contribution in [0.3, 0.4) is 0 Å². The van der Waals surface area contributed by atoms with Crippen LogP contribution in [0.2, 0.25) is 0 Å². The monoisotopic (exact) mass is 288 g/mol. The maximum atomic E-state index is 6.04. The molecular weight excluding hydrogens is 276 g/mol. The number of hydrogen-bond donors (Lipinski definition) is 0. The largest absolute Gasteiger partial charge is 0.455 e. The van der Waals surface area contributed by atoms with Gasteiger partial charge in [-0.05, 0) is 36.6 Å². The Morgan fingerprint density at radius 1 is 1.12 bits per heavy atom. The van der Waals surface area contributed by atoms with Crippen LogP contribution in [0, 0.1) is 6.92 Å². The van der Waals surface area contributed by atoms with Crippen LogP contribution in [-0.4, -0.2) is 0 Å². The number of halogens is 1. The van der Waals surface area contributed by atoms with Crippen LogP contribution < -0.4 is 0 Å². The van der Waals surface area contributed by atoms with E-state index in [1.165, 1.54) is 21.9 Å². The lowest BCUT2D eigenvalue weighted by Crippen LogP contribution is -1.78. The van der Waals surface area contributed by atoms with Gasteiger partial charge in [-0.15, -0.1) is 0 Å². The van der Waals surface area contributed by atoms with Crippen LogP contribution in [0.1, 0.15) is 18.1 Å². The van der Waals surface area contributed by atoms with Crippen LogP contribution in [0.15, 0.2) is 39.2 Å². The molecule has 0 atom stereocenters. The lowest BCUT2D eigenvalue weighted by Gasteiger charge is -1.96. The van der Waals surface area contributed by atoms with Crippen molar-refractivity contribution >= 4 is 37.9 Å². The van der Waals surface area contributed by atoms with Gasteiger partial charge in [0.2, 0.25) is 0 Å². The van der Waals surface area contributed by atoms with E-state index in [2.05, 4.69) is 60.1 Å². The fourth-order valence-electron chi connectivity index (χ4n) is 2.36. The molecule has 0 aliphatic rings. The first-order valence-corrected chi connectivity index (χ1v) is 6.60. The van der Waals surface area contributed by atoms with E-state index in [1.807, 2.05) is 0 Å². The van der Waals surface area contributed by atoms with Crippen LogP contribution in [0.5, 0.6) is 0 Å². The van der Waals surface area contributed by atoms with Gasteiger partial charge >= 0.3 is 0 Å². The molecule has 0 saturated carbocycles. The zero-order chi connectivity index (χ0) is 12.0. The molecule has 0 unspecified atom stereocenters. The summed E-state index contributed by atoms with van der Waals surface area (Å²) in [5, 5.41) is 2.41. The quantitative estimate of drug-likeness (QED) is 0.598. The molecule has 0 fully saturated rings. The number of fused-ring (bicyclic) bond motifs is 3. The van der Waals surface area contributed by atoms with Gasteiger partial charge < -0.3 is 4.42 Å². The number of hydrogen-bond acceptors (Lipinski definition) is 1. The number of furan rings is 1. The van der Waals surface area contributed by atoms with Gasteiger partial charge in [-0.2, -0.15) is 0 Å². The van der Waals surface area contributed by atoms with E-state index in [0.717, 1.165) is 22.1 Å². The van der Waals surface area contributed by atoms with Gasteiger partial charge in [-0.3, -0.25) is 0 Å². The third-order valence-corrected chi connectivity index (χ3v) is 3.67. The fraction of sp³-hybridized carbons (Fsp3) is 0.200. The van der Waals surface area contributed by atoms with Gasteiger partial charge in [-0.25, -0.2) is 0 Å². The van der Waals surface area contributed by atoms with Crippen LogP contribution in [-0.2, 0) is 6.42 Å². The number of benzene rings is 2. The van der Waals surface area contributed by atoms with Crippen molar-refractivity contribution in [2.45, 2.75) is 20.3 Å². The first-order chi connectivity index (χ1) is 8.20. The molecule has 17 heavy (non-hydrogen) atoms. The second-order valence-electron chi connectivity index (χ2n) is 4.35. The van der Waals surface area contributed by atoms with E-state index in [4.69, 9.17) is 4.42 Å². The summed E-state index contributed by atoms with van der Waals surface area (Å²) < 4.78 is 7.14. The summed E-state index contributed by atoms with van der Waals surface area (Å²) in [5.41, 5.74) is 4.48. The SMILES string of the molecule is CCc1cccc2c1oc1c(C)cc(Br)cc12. The van der Waals surface area contributed by atoms with Crippen molar-refractivity contribution in [2.24, 2.45) is 0 Å². The molecule has 0 aliphatic heterocycles. The highest BCUT2D eigenvalue weighted by Crippen LogP contribution is 2.34. The smallest absolute Gasteiger partial charge is 0.138 e. The molecule has 0 amide bonds. The summed E-state index contributed by atoms with van der Waals surface area (Å²) in [5.74, 6) is 0. The Morgan fingerprint density at radius 3 is 2.71 bits per heavy atom. The summed E-state index contributed by atoms with van der Waals surface area (Å²) in [6.07, 6.45) is 0.997. The lowest BCUT2D eigenvalue weighted by molar-refractivity contribution is 0.660. The minimum Gasteiger partial charge on any atom is -0.455 e. The lowest BCUT2D eigenvalue weighted by atomic mass is 10.1. The predicted molar refractivity (Wildman–Crippen MR) is 75.5 cm³/mol. The van der Waals surface area contributed by atoms with Crippen LogP contribution in [0.25, 0.3) is 21.9 Å². The maximum Gasteiger partial charge on any atom is 0.138 e. The molecule has 1 nitrogen and oxygen atoms in total. The van der Waals surface area contributed by atoms with E-state index in [-0.39, 0.29) is 0 Å². The number of aryl methyl sites for hydroxylation is 2. The molecule has 3 aromatic rings. The van der Waals surface area contributed by atoms with Gasteiger partial charge in [0.1, 0.15) is 11.2 Å². The second kappa shape index (κ2) is 3.88. The summed E-state index contributed by atoms with van der Waals surface area (Å²) in [7, 11) is 0. The Morgan fingerprint density at radius 2 is 1.94 bits per heavy atom. The van der Waals surface area contributed by atoms with Crippen molar-refractivity contribution in [1.82, 2.24) is 0 Å². The van der Waals surface area contributed by atoms with Crippen LogP contribution in [0.4, 0.5) is 0 Å². The van der Waals surface area contributed by atoms with Gasteiger partial charge in [0.05, 0.1) is 0 Å². The highest BCUT2D eigenvalue weighted by molar-refractivity contribution is 9.10. The second-order valence-corrected chi connectivity index (χ2v) is 5.26. The summed E-state index contributed by atoms with van der Waals surface area (Å²) in [6, 6.07) is 10.6. The predicted octanol–water partition coefficient (Wildman–Crippen LogP) is 5.22. The van der Waals surface area contributed by atoms with E-state index >= 15 is 0 Å². The van der Waals surface area contributed by atoms with Crippen molar-refractivity contribution in [1.29, 1.82) is 0 Å². The molecular formula is C15H13BrO. The molecule has 1 heterocycles. The first kappa shape index (κ1) is 10.8. The zero-order valence-electron chi connectivity index (χ0n) is 9.88. The summed E-state index contributed by atoms with van der Waals surface area (Å²) in [4.78, 5) is 0. The maximum absolute atomic E-state index is 6.04. The van der Waals surface area contributed by atoms with Crippen molar-refractivity contribution < 1.29 is 4.42 Å². The van der Waals surface area contributed by atoms with Crippen molar-refractivity contribution in [3.05, 3.63) is 45.9 Å². The van der Waals surface area contributed by atoms with Gasteiger partial charge in [0.25, 0.3) is 0 Å². The highest BCUT2D eigenvalue weighted by Gasteiger charge is 2.11. The molecule has 0 aliphatic carbocycles. The molecule has 86 valence electrons. The molecule has 2 heteroatoms. The molecule has 0 saturated heterocycles. The molecule has 0 bridgehead atoms. The van der Waals surface area contributed by atoms with Crippen molar-refractivity contribution in [3.8, 4) is 0 Å². The highest BCUT2D eigenvalue weighted by atomic mass is 79.9. The molecule has 3 rings (SSSR count). The Balaban J connectivity index is 2.54. The Labute approximate surface area is 109 Å². The third kappa shape index (κ3) is 1.59. The first-order valence-electron chi connectivity index (χ1n) is 5.81. The average molecular weight is 289 g/mol. The normalized spacial score (nSPS) is 11.5. The van der Waals surface area contributed by atoms with E-state index in [0.29, 0.717) is 0 Å². The Kier molecular flexibility index (Phi) is 2.48. The molecule has 0 radical (unpaired) electrons. The van der Waals surface area contributed by atoms with Gasteiger partial charge in [0, 0.05) is 15.2 Å². The fourth-order valence-corrected chi connectivity index (χ4v) is 2.94. The van der Waals surface area contributed by atoms with E-state index in [9.17, 15) is 0 Å². The van der Waals surface area contributed by atoms with E-state index < -0.39 is 0 Å². The standard InChI is InChI=1S/C15H13BrO/c1-3-10-5-4-6-12-13-8-11(16)7-9(2)14(13)17-15(10)12/h4-8H,3H2,1-2H3. The van der Waals surface area contributed by atoms with Gasteiger partial charge in [0.15, 0.2) is 0 Å². The van der Waals surface area contributed by atoms with Gasteiger partial charge in [-0.1, -0.05) is 41.1 Å². The minimum atomic E-state index is 0.997. The molecule has 2 aromatic carbocycles. The molecule has 1 aromatic heterocycles. The molecule has 0 N–H and O–H groups in total. The Hall–Kier alpha value is -1.28. The van der Waals surface area contributed by atoms with Crippen molar-refractivity contribution in [2.75, 3.05) is 0 Å². The number of rotatable bonds is 1.